The number of esters is 1. The van der Waals surface area contributed by atoms with Crippen LogP contribution in [0.5, 0.6) is 0 Å². The smallest absolute Gasteiger partial charge is 0.337 e. The maximum Gasteiger partial charge on any atom is 0.337 e. The van der Waals surface area contributed by atoms with Crippen LogP contribution in [0.4, 0.5) is 0 Å². The number of carbonyl (C=O) groups excluding carboxylic acids is 2. The lowest BCUT2D eigenvalue weighted by Gasteiger charge is -2.19. The molecule has 0 aliphatic rings. The monoisotopic (exact) mass is 269 g/mol. The van der Waals surface area contributed by atoms with Crippen LogP contribution in [0.3, 0.4) is 0 Å². The van der Waals surface area contributed by atoms with Gasteiger partial charge in [-0.15, -0.1) is 0 Å². The first-order valence-corrected chi connectivity index (χ1v) is 6.09. The van der Waals surface area contributed by atoms with Crippen molar-refractivity contribution in [2.24, 2.45) is 0 Å². The first-order valence-electron chi connectivity index (χ1n) is 5.71. The van der Waals surface area contributed by atoms with Crippen LogP contribution in [-0.2, 0) is 4.74 Å². The predicted molar refractivity (Wildman–Crippen MR) is 70.0 cm³/mol. The molecule has 0 aliphatic heterocycles. The SMILES string of the molecule is CCN(CC)C(=O)c1cc(Cl)cc(C(=O)OC)c1. The van der Waals surface area contributed by atoms with Gasteiger partial charge in [0.25, 0.3) is 5.91 Å². The van der Waals surface area contributed by atoms with Gasteiger partial charge < -0.3 is 9.64 Å². The Balaban J connectivity index is 3.13. The normalized spacial score (nSPS) is 10.0. The second-order valence-corrected chi connectivity index (χ2v) is 4.13. The minimum Gasteiger partial charge on any atom is -0.465 e. The molecule has 5 heteroatoms. The summed E-state index contributed by atoms with van der Waals surface area (Å²) in [6, 6.07) is 4.53. The van der Waals surface area contributed by atoms with E-state index in [1.807, 2.05) is 13.8 Å². The van der Waals surface area contributed by atoms with E-state index in [-0.39, 0.29) is 11.5 Å². The summed E-state index contributed by atoms with van der Waals surface area (Å²) in [5, 5.41) is 0.341. The number of hydrogen-bond donors (Lipinski definition) is 0. The summed E-state index contributed by atoms with van der Waals surface area (Å²) in [6.07, 6.45) is 0. The number of carbonyl (C=O) groups is 2. The summed E-state index contributed by atoms with van der Waals surface area (Å²) in [7, 11) is 1.29. The van der Waals surface area contributed by atoms with Gasteiger partial charge >= 0.3 is 5.97 Å². The van der Waals surface area contributed by atoms with Gasteiger partial charge in [-0.05, 0) is 32.0 Å². The lowest BCUT2D eigenvalue weighted by Crippen LogP contribution is -2.30. The van der Waals surface area contributed by atoms with Crippen molar-refractivity contribution in [3.05, 3.63) is 34.3 Å². The molecule has 0 spiro atoms. The highest BCUT2D eigenvalue weighted by atomic mass is 35.5. The van der Waals surface area contributed by atoms with E-state index in [9.17, 15) is 9.59 Å². The first kappa shape index (κ1) is 14.5. The van der Waals surface area contributed by atoms with Gasteiger partial charge in [-0.2, -0.15) is 0 Å². The number of halogens is 1. The molecule has 0 heterocycles. The average Bonchev–Trinajstić information content (AvgIpc) is 2.38. The van der Waals surface area contributed by atoms with Crippen molar-refractivity contribution in [2.45, 2.75) is 13.8 Å². The minimum atomic E-state index is -0.508. The summed E-state index contributed by atoms with van der Waals surface area (Å²) in [5.41, 5.74) is 0.673. The lowest BCUT2D eigenvalue weighted by atomic mass is 10.1. The van der Waals surface area contributed by atoms with Gasteiger partial charge in [-0.3, -0.25) is 4.79 Å². The molecule has 18 heavy (non-hydrogen) atoms. The summed E-state index contributed by atoms with van der Waals surface area (Å²) >= 11 is 5.91. The first-order chi connectivity index (χ1) is 8.53. The fraction of sp³-hybridized carbons (Fsp3) is 0.385. The summed E-state index contributed by atoms with van der Waals surface area (Å²) in [4.78, 5) is 25.2. The molecule has 0 unspecified atom stereocenters. The Morgan fingerprint density at radius 2 is 1.72 bits per heavy atom. The fourth-order valence-electron chi connectivity index (χ4n) is 1.64. The largest absolute Gasteiger partial charge is 0.465 e. The Hall–Kier alpha value is -1.55. The second kappa shape index (κ2) is 6.40. The van der Waals surface area contributed by atoms with Crippen molar-refractivity contribution >= 4 is 23.5 Å². The zero-order valence-electron chi connectivity index (χ0n) is 10.7. The number of amides is 1. The van der Waals surface area contributed by atoms with E-state index < -0.39 is 5.97 Å². The summed E-state index contributed by atoms with van der Waals surface area (Å²) in [5.74, 6) is -0.654. The van der Waals surface area contributed by atoms with Crippen LogP contribution in [0, 0.1) is 0 Å². The van der Waals surface area contributed by atoms with Crippen molar-refractivity contribution in [3.8, 4) is 0 Å². The van der Waals surface area contributed by atoms with Crippen molar-refractivity contribution < 1.29 is 14.3 Å². The maximum absolute atomic E-state index is 12.1. The minimum absolute atomic E-state index is 0.146. The van der Waals surface area contributed by atoms with Crippen molar-refractivity contribution in [1.82, 2.24) is 4.90 Å². The molecule has 1 rings (SSSR count). The summed E-state index contributed by atoms with van der Waals surface area (Å²) in [6.45, 7) is 5.01. The van der Waals surface area contributed by atoms with E-state index in [4.69, 9.17) is 11.6 Å². The van der Waals surface area contributed by atoms with Crippen molar-refractivity contribution in [3.63, 3.8) is 0 Å². The topological polar surface area (TPSA) is 46.6 Å². The molecular weight excluding hydrogens is 254 g/mol. The maximum atomic E-state index is 12.1. The molecule has 1 amide bonds. The molecule has 98 valence electrons. The number of nitrogens with zero attached hydrogens (tertiary/aromatic N) is 1. The molecular formula is C13H16ClNO3. The van der Waals surface area contributed by atoms with Crippen LogP contribution in [0.2, 0.25) is 5.02 Å². The van der Waals surface area contributed by atoms with E-state index in [1.54, 1.807) is 11.0 Å². The number of hydrogen-bond acceptors (Lipinski definition) is 3. The van der Waals surface area contributed by atoms with Crippen molar-refractivity contribution in [2.75, 3.05) is 20.2 Å². The quantitative estimate of drug-likeness (QED) is 0.790. The van der Waals surface area contributed by atoms with Crippen molar-refractivity contribution in [1.29, 1.82) is 0 Å². The third-order valence-corrected chi connectivity index (χ3v) is 2.83. The molecule has 0 saturated heterocycles. The molecule has 0 atom stereocenters. The van der Waals surface area contributed by atoms with Crippen LogP contribution in [0.15, 0.2) is 18.2 Å². The van der Waals surface area contributed by atoms with Gasteiger partial charge in [0.2, 0.25) is 0 Å². The summed E-state index contributed by atoms with van der Waals surface area (Å²) < 4.78 is 4.62. The Morgan fingerprint density at radius 1 is 1.17 bits per heavy atom. The van der Waals surface area contributed by atoms with Gasteiger partial charge in [0.1, 0.15) is 0 Å². The van der Waals surface area contributed by atoms with Crippen LogP contribution >= 0.6 is 11.6 Å². The molecule has 4 nitrogen and oxygen atoms in total. The van der Waals surface area contributed by atoms with Crippen LogP contribution < -0.4 is 0 Å². The number of methoxy groups -OCH3 is 1. The van der Waals surface area contributed by atoms with Crippen LogP contribution in [-0.4, -0.2) is 37.0 Å². The molecule has 0 aromatic heterocycles. The highest BCUT2D eigenvalue weighted by molar-refractivity contribution is 6.31. The van der Waals surface area contributed by atoms with E-state index in [1.165, 1.54) is 19.2 Å². The van der Waals surface area contributed by atoms with Gasteiger partial charge in [0.05, 0.1) is 12.7 Å². The van der Waals surface area contributed by atoms with Crippen LogP contribution in [0.25, 0.3) is 0 Å². The third-order valence-electron chi connectivity index (χ3n) is 2.62. The van der Waals surface area contributed by atoms with Crippen LogP contribution in [0.1, 0.15) is 34.6 Å². The highest BCUT2D eigenvalue weighted by Crippen LogP contribution is 2.17. The molecule has 0 N–H and O–H groups in total. The molecule has 0 saturated carbocycles. The predicted octanol–water partition coefficient (Wildman–Crippen LogP) is 2.61. The third kappa shape index (κ3) is 3.23. The average molecular weight is 270 g/mol. The number of ether oxygens (including phenoxy) is 1. The van der Waals surface area contributed by atoms with E-state index in [0.29, 0.717) is 23.7 Å². The molecule has 1 aromatic rings. The zero-order chi connectivity index (χ0) is 13.7. The highest BCUT2D eigenvalue weighted by Gasteiger charge is 2.16. The molecule has 0 radical (unpaired) electrons. The molecule has 0 fully saturated rings. The van der Waals surface area contributed by atoms with Gasteiger partial charge in [0, 0.05) is 23.7 Å². The fourth-order valence-corrected chi connectivity index (χ4v) is 1.88. The standard InChI is InChI=1S/C13H16ClNO3/c1-4-15(5-2)12(16)9-6-10(13(17)18-3)8-11(14)7-9/h6-8H,4-5H2,1-3H3. The Bertz CT molecular complexity index is 456. The number of rotatable bonds is 4. The van der Waals surface area contributed by atoms with Gasteiger partial charge in [0.15, 0.2) is 0 Å². The van der Waals surface area contributed by atoms with Gasteiger partial charge in [-0.1, -0.05) is 11.6 Å². The Morgan fingerprint density at radius 3 is 2.22 bits per heavy atom. The number of benzene rings is 1. The Kier molecular flexibility index (Phi) is 5.16. The van der Waals surface area contributed by atoms with E-state index >= 15 is 0 Å². The molecule has 1 aromatic carbocycles. The zero-order valence-corrected chi connectivity index (χ0v) is 11.5. The van der Waals surface area contributed by atoms with E-state index in [0.717, 1.165) is 0 Å². The lowest BCUT2D eigenvalue weighted by molar-refractivity contribution is 0.0600. The van der Waals surface area contributed by atoms with Gasteiger partial charge in [-0.25, -0.2) is 4.79 Å². The second-order valence-electron chi connectivity index (χ2n) is 3.70. The Labute approximate surface area is 111 Å². The van der Waals surface area contributed by atoms with E-state index in [2.05, 4.69) is 4.74 Å². The molecule has 0 bridgehead atoms. The molecule has 0 aliphatic carbocycles.